The van der Waals surface area contributed by atoms with E-state index in [0.717, 1.165) is 5.56 Å². The molecule has 27 heavy (non-hydrogen) atoms. The fourth-order valence-electron chi connectivity index (χ4n) is 3.98. The summed E-state index contributed by atoms with van der Waals surface area (Å²) in [5.74, 6) is -1.90. The molecule has 7 nitrogen and oxygen atoms in total. The Kier molecular flexibility index (Phi) is 6.59. The molecular formula is C20H30N2O5. The van der Waals surface area contributed by atoms with E-state index in [1.807, 2.05) is 65.0 Å². The zero-order valence-electron chi connectivity index (χ0n) is 16.6. The molecule has 0 amide bonds. The first-order chi connectivity index (χ1) is 12.5. The van der Waals surface area contributed by atoms with Crippen molar-refractivity contribution in [1.82, 2.24) is 5.32 Å². The number of nitrogens with one attached hydrogen (secondary N) is 1. The van der Waals surface area contributed by atoms with Crippen LogP contribution >= 0.6 is 0 Å². The number of ether oxygens (including phenoxy) is 1. The Morgan fingerprint density at radius 1 is 1.30 bits per heavy atom. The Balaban J connectivity index is 2.36. The van der Waals surface area contributed by atoms with E-state index in [2.05, 4.69) is 5.32 Å². The molecule has 0 saturated carbocycles. The van der Waals surface area contributed by atoms with E-state index >= 15 is 0 Å². The van der Waals surface area contributed by atoms with Crippen molar-refractivity contribution in [2.24, 2.45) is 17.3 Å². The number of carboxylic acids is 1. The van der Waals surface area contributed by atoms with Gasteiger partial charge in [-0.1, -0.05) is 65.0 Å². The van der Waals surface area contributed by atoms with Gasteiger partial charge in [-0.05, 0) is 16.9 Å². The fourth-order valence-corrected chi connectivity index (χ4v) is 3.98. The van der Waals surface area contributed by atoms with E-state index in [0.29, 0.717) is 0 Å². The molecule has 7 heteroatoms. The largest absolute Gasteiger partial charge is 0.480 e. The number of benzene rings is 1. The van der Waals surface area contributed by atoms with E-state index in [-0.39, 0.29) is 17.4 Å². The molecule has 1 heterocycles. The van der Waals surface area contributed by atoms with Crippen molar-refractivity contribution in [1.29, 1.82) is 0 Å². The second-order valence-corrected chi connectivity index (χ2v) is 8.68. The first kappa shape index (κ1) is 21.3. The Morgan fingerprint density at radius 2 is 1.89 bits per heavy atom. The molecule has 0 aromatic heterocycles. The molecule has 5 atom stereocenters. The van der Waals surface area contributed by atoms with Gasteiger partial charge in [0.15, 0.2) is 0 Å². The summed E-state index contributed by atoms with van der Waals surface area (Å²) in [6.45, 7) is 9.77. The van der Waals surface area contributed by atoms with Crippen LogP contribution in [0, 0.1) is 27.4 Å². The summed E-state index contributed by atoms with van der Waals surface area (Å²) in [6.07, 6.45) is -0.554. The lowest BCUT2D eigenvalue weighted by Gasteiger charge is -2.32. The summed E-state index contributed by atoms with van der Waals surface area (Å²) < 4.78 is 6.09. The summed E-state index contributed by atoms with van der Waals surface area (Å²) in [5, 5.41) is 24.7. The SMILES string of the molecule is CC(C)[C@H](OCc1ccccc1)[C@H]1[C@H]([N+](=O)[O-])[C@H](C(C)(C)C)N[C@@H]1C(=O)O. The highest BCUT2D eigenvalue weighted by atomic mass is 16.6. The molecule has 1 aliphatic rings. The van der Waals surface area contributed by atoms with Crippen molar-refractivity contribution in [2.75, 3.05) is 0 Å². The molecule has 1 aromatic rings. The van der Waals surface area contributed by atoms with Crippen LogP contribution in [0.25, 0.3) is 0 Å². The highest BCUT2D eigenvalue weighted by Crippen LogP contribution is 2.38. The quantitative estimate of drug-likeness (QED) is 0.559. The minimum absolute atomic E-state index is 0.0662. The third-order valence-electron chi connectivity index (χ3n) is 5.24. The maximum absolute atomic E-state index is 12.0. The second-order valence-electron chi connectivity index (χ2n) is 8.68. The highest BCUT2D eigenvalue weighted by Gasteiger charge is 2.59. The molecule has 0 aliphatic carbocycles. The molecule has 0 bridgehead atoms. The van der Waals surface area contributed by atoms with Gasteiger partial charge < -0.3 is 9.84 Å². The normalized spacial score (nSPS) is 26.9. The Hall–Kier alpha value is -1.99. The molecule has 0 unspecified atom stereocenters. The predicted molar refractivity (Wildman–Crippen MR) is 102 cm³/mol. The van der Waals surface area contributed by atoms with E-state index in [4.69, 9.17) is 4.74 Å². The molecule has 1 saturated heterocycles. The molecule has 1 fully saturated rings. The zero-order valence-corrected chi connectivity index (χ0v) is 16.6. The number of hydrogen-bond donors (Lipinski definition) is 2. The molecule has 0 radical (unpaired) electrons. The summed E-state index contributed by atoms with van der Waals surface area (Å²) in [5.41, 5.74) is 0.493. The summed E-state index contributed by atoms with van der Waals surface area (Å²) in [4.78, 5) is 23.5. The summed E-state index contributed by atoms with van der Waals surface area (Å²) >= 11 is 0. The van der Waals surface area contributed by atoms with Crippen LogP contribution in [-0.4, -0.2) is 40.2 Å². The third-order valence-corrected chi connectivity index (χ3v) is 5.24. The average molecular weight is 378 g/mol. The van der Waals surface area contributed by atoms with Crippen molar-refractivity contribution in [2.45, 2.75) is 65.5 Å². The van der Waals surface area contributed by atoms with Crippen molar-refractivity contribution >= 4 is 5.97 Å². The number of hydrogen-bond acceptors (Lipinski definition) is 5. The molecule has 1 aliphatic heterocycles. The van der Waals surface area contributed by atoms with Crippen LogP contribution in [0.4, 0.5) is 0 Å². The summed E-state index contributed by atoms with van der Waals surface area (Å²) in [6, 6.07) is 6.93. The van der Waals surface area contributed by atoms with Crippen molar-refractivity contribution in [3.63, 3.8) is 0 Å². The van der Waals surface area contributed by atoms with E-state index in [9.17, 15) is 20.0 Å². The second kappa shape index (κ2) is 8.35. The number of aliphatic carboxylic acids is 1. The van der Waals surface area contributed by atoms with Gasteiger partial charge >= 0.3 is 5.97 Å². The van der Waals surface area contributed by atoms with Gasteiger partial charge in [-0.3, -0.25) is 20.2 Å². The van der Waals surface area contributed by atoms with Gasteiger partial charge in [-0.15, -0.1) is 0 Å². The van der Waals surface area contributed by atoms with Crippen LogP contribution in [0.2, 0.25) is 0 Å². The number of rotatable bonds is 7. The van der Waals surface area contributed by atoms with Crippen LogP contribution in [-0.2, 0) is 16.1 Å². The van der Waals surface area contributed by atoms with Crippen molar-refractivity contribution in [3.8, 4) is 0 Å². The topological polar surface area (TPSA) is 102 Å². The van der Waals surface area contributed by atoms with Crippen LogP contribution < -0.4 is 5.32 Å². The smallest absolute Gasteiger partial charge is 0.321 e. The van der Waals surface area contributed by atoms with Crippen LogP contribution in [0.15, 0.2) is 30.3 Å². The lowest BCUT2D eigenvalue weighted by atomic mass is 9.77. The Labute approximate surface area is 160 Å². The van der Waals surface area contributed by atoms with Gasteiger partial charge in [-0.25, -0.2) is 0 Å². The maximum atomic E-state index is 12.0. The minimum atomic E-state index is -1.08. The Morgan fingerprint density at radius 3 is 2.33 bits per heavy atom. The third kappa shape index (κ3) is 4.84. The number of nitro groups is 1. The first-order valence-electron chi connectivity index (χ1n) is 9.32. The van der Waals surface area contributed by atoms with Crippen LogP contribution in [0.5, 0.6) is 0 Å². The van der Waals surface area contributed by atoms with E-state index < -0.39 is 41.5 Å². The van der Waals surface area contributed by atoms with Crippen LogP contribution in [0.3, 0.4) is 0 Å². The molecular weight excluding hydrogens is 348 g/mol. The average Bonchev–Trinajstić information content (AvgIpc) is 2.97. The lowest BCUT2D eigenvalue weighted by Crippen LogP contribution is -2.49. The van der Waals surface area contributed by atoms with Gasteiger partial charge in [-0.2, -0.15) is 0 Å². The molecule has 150 valence electrons. The fraction of sp³-hybridized carbons (Fsp3) is 0.650. The Bertz CT molecular complexity index is 656. The van der Waals surface area contributed by atoms with E-state index in [1.165, 1.54) is 0 Å². The molecule has 1 aromatic carbocycles. The van der Waals surface area contributed by atoms with Gasteiger partial charge in [0.05, 0.1) is 24.7 Å². The van der Waals surface area contributed by atoms with Gasteiger partial charge in [0.25, 0.3) is 0 Å². The van der Waals surface area contributed by atoms with Gasteiger partial charge in [0.1, 0.15) is 6.04 Å². The van der Waals surface area contributed by atoms with E-state index in [1.54, 1.807) is 0 Å². The number of nitrogens with zero attached hydrogens (tertiary/aromatic N) is 1. The number of carboxylic acid groups (broad SMARTS) is 1. The van der Waals surface area contributed by atoms with Crippen LogP contribution in [0.1, 0.15) is 40.2 Å². The van der Waals surface area contributed by atoms with Gasteiger partial charge in [0.2, 0.25) is 6.04 Å². The maximum Gasteiger partial charge on any atom is 0.321 e. The molecule has 0 spiro atoms. The van der Waals surface area contributed by atoms with Crippen molar-refractivity contribution < 1.29 is 19.6 Å². The summed E-state index contributed by atoms with van der Waals surface area (Å²) in [7, 11) is 0. The minimum Gasteiger partial charge on any atom is -0.480 e. The standard InChI is InChI=1S/C20H30N2O5/c1-12(2)17(27-11-13-9-7-6-8-10-13)14-15(19(23)24)21-18(20(3,4)5)16(14)22(25)26/h6-10,12,14-18,21H,11H2,1-5H3,(H,23,24)/t14-,15+,16+,17+,18-/m1/s1. The lowest BCUT2D eigenvalue weighted by molar-refractivity contribution is -0.537. The molecule has 2 rings (SSSR count). The predicted octanol–water partition coefficient (Wildman–Crippen LogP) is 2.96. The zero-order chi connectivity index (χ0) is 20.4. The molecule has 2 N–H and O–H groups in total. The van der Waals surface area contributed by atoms with Gasteiger partial charge in [0, 0.05) is 4.92 Å². The monoisotopic (exact) mass is 378 g/mol. The highest BCUT2D eigenvalue weighted by molar-refractivity contribution is 5.75. The number of carbonyl (C=O) groups is 1. The first-order valence-corrected chi connectivity index (χ1v) is 9.32. The van der Waals surface area contributed by atoms with Crippen molar-refractivity contribution in [3.05, 3.63) is 46.0 Å².